The van der Waals surface area contributed by atoms with Crippen LogP contribution < -0.4 is 0 Å². The van der Waals surface area contributed by atoms with Crippen LogP contribution in [-0.2, 0) is 4.79 Å². The number of aliphatic hydroxyl groups excluding tert-OH is 1. The van der Waals surface area contributed by atoms with E-state index in [2.05, 4.69) is 6.92 Å². The summed E-state index contributed by atoms with van der Waals surface area (Å²) >= 11 is 7.59. The molecule has 1 N–H and O–H groups in total. The van der Waals surface area contributed by atoms with Gasteiger partial charge in [-0.1, -0.05) is 18.5 Å². The Kier molecular flexibility index (Phi) is 6.40. The van der Waals surface area contributed by atoms with Crippen LogP contribution in [0.3, 0.4) is 0 Å². The van der Waals surface area contributed by atoms with Gasteiger partial charge in [-0.25, -0.2) is 0 Å². The van der Waals surface area contributed by atoms with E-state index in [0.717, 1.165) is 30.2 Å². The number of halogens is 1. The van der Waals surface area contributed by atoms with E-state index in [1.165, 1.54) is 4.90 Å². The third kappa shape index (κ3) is 4.63. The molecule has 1 fully saturated rings. The lowest BCUT2D eigenvalue weighted by Gasteiger charge is -2.25. The first kappa shape index (κ1) is 16.7. The van der Waals surface area contributed by atoms with Gasteiger partial charge in [0.15, 0.2) is 0 Å². The minimum atomic E-state index is 0.0152. The molecule has 1 heterocycles. The van der Waals surface area contributed by atoms with Crippen molar-refractivity contribution in [3.05, 3.63) is 29.3 Å². The number of nitrogens with zero attached hydrogens (tertiary/aromatic N) is 1. The smallest absolute Gasteiger partial charge is 0.222 e. The van der Waals surface area contributed by atoms with Gasteiger partial charge in [-0.3, -0.25) is 4.79 Å². The summed E-state index contributed by atoms with van der Waals surface area (Å²) in [4.78, 5) is 15.2. The van der Waals surface area contributed by atoms with Gasteiger partial charge in [-0.05, 0) is 48.8 Å². The van der Waals surface area contributed by atoms with Gasteiger partial charge in [0.25, 0.3) is 0 Å². The number of hydrogen-bond donors (Lipinski definition) is 1. The second-order valence-corrected chi connectivity index (χ2v) is 7.11. The molecule has 0 spiro atoms. The van der Waals surface area contributed by atoms with E-state index >= 15 is 0 Å². The molecule has 1 amide bonds. The average molecular weight is 328 g/mol. The van der Waals surface area contributed by atoms with Crippen molar-refractivity contribution in [2.75, 3.05) is 18.9 Å². The molecule has 0 aliphatic carbocycles. The molecule has 21 heavy (non-hydrogen) atoms. The quantitative estimate of drug-likeness (QED) is 0.642. The number of hydrogen-bond acceptors (Lipinski definition) is 3. The van der Waals surface area contributed by atoms with Crippen molar-refractivity contribution in [3.63, 3.8) is 0 Å². The van der Waals surface area contributed by atoms with Crippen molar-refractivity contribution in [1.82, 2.24) is 4.90 Å². The Morgan fingerprint density at radius 3 is 2.81 bits per heavy atom. The normalized spacial score (nSPS) is 21.8. The molecule has 0 radical (unpaired) electrons. The zero-order chi connectivity index (χ0) is 15.2. The first-order chi connectivity index (χ1) is 10.1. The zero-order valence-electron chi connectivity index (χ0n) is 12.3. The second-order valence-electron chi connectivity index (χ2n) is 5.51. The van der Waals surface area contributed by atoms with Gasteiger partial charge < -0.3 is 10.0 Å². The van der Waals surface area contributed by atoms with Crippen LogP contribution in [0.4, 0.5) is 0 Å². The fraction of sp³-hybridized carbons (Fsp3) is 0.562. The molecular weight excluding hydrogens is 306 g/mol. The lowest BCUT2D eigenvalue weighted by Crippen LogP contribution is -2.39. The Balaban J connectivity index is 1.71. The third-order valence-corrected chi connectivity index (χ3v) is 5.36. The zero-order valence-corrected chi connectivity index (χ0v) is 13.9. The highest BCUT2D eigenvalue weighted by Gasteiger charge is 2.33. The fourth-order valence-electron chi connectivity index (χ4n) is 2.68. The predicted molar refractivity (Wildman–Crippen MR) is 87.8 cm³/mol. The van der Waals surface area contributed by atoms with Crippen molar-refractivity contribution in [2.45, 2.75) is 37.1 Å². The van der Waals surface area contributed by atoms with Crippen LogP contribution in [0, 0.1) is 5.92 Å². The second kappa shape index (κ2) is 8.06. The van der Waals surface area contributed by atoms with Crippen LogP contribution >= 0.6 is 23.4 Å². The van der Waals surface area contributed by atoms with E-state index in [9.17, 15) is 9.90 Å². The summed E-state index contributed by atoms with van der Waals surface area (Å²) in [6.07, 6.45) is 2.41. The number of carbonyl (C=O) groups excluding carboxylic acids is 1. The summed E-state index contributed by atoms with van der Waals surface area (Å²) in [5.41, 5.74) is 0. The van der Waals surface area contributed by atoms with Gasteiger partial charge in [0.2, 0.25) is 5.91 Å². The van der Waals surface area contributed by atoms with Crippen LogP contribution in [0.25, 0.3) is 0 Å². The standard InChI is InChI=1S/C16H22ClNO2S/c1-12-8-9-18(15(12)11-19)16(20)3-2-10-21-14-6-4-13(17)5-7-14/h4-7,12,15,19H,2-3,8-11H2,1H3. The van der Waals surface area contributed by atoms with Gasteiger partial charge in [-0.2, -0.15) is 0 Å². The van der Waals surface area contributed by atoms with Crippen LogP contribution in [0.5, 0.6) is 0 Å². The molecule has 1 saturated heterocycles. The Morgan fingerprint density at radius 1 is 1.43 bits per heavy atom. The van der Waals surface area contributed by atoms with Gasteiger partial charge in [-0.15, -0.1) is 11.8 Å². The molecular formula is C16H22ClNO2S. The average Bonchev–Trinajstić information content (AvgIpc) is 2.86. The summed E-state index contributed by atoms with van der Waals surface area (Å²) < 4.78 is 0. The minimum Gasteiger partial charge on any atom is -0.394 e. The van der Waals surface area contributed by atoms with Crippen LogP contribution in [-0.4, -0.2) is 40.9 Å². The molecule has 2 unspecified atom stereocenters. The SMILES string of the molecule is CC1CCN(C(=O)CCCSc2ccc(Cl)cc2)C1CO. The van der Waals surface area contributed by atoms with Crippen molar-refractivity contribution in [1.29, 1.82) is 0 Å². The Morgan fingerprint density at radius 2 is 2.14 bits per heavy atom. The van der Waals surface area contributed by atoms with Crippen molar-refractivity contribution in [3.8, 4) is 0 Å². The molecule has 3 nitrogen and oxygen atoms in total. The minimum absolute atomic E-state index is 0.0152. The van der Waals surface area contributed by atoms with E-state index < -0.39 is 0 Å². The van der Waals surface area contributed by atoms with Gasteiger partial charge >= 0.3 is 0 Å². The van der Waals surface area contributed by atoms with Gasteiger partial charge in [0.1, 0.15) is 0 Å². The topological polar surface area (TPSA) is 40.5 Å². The van der Waals surface area contributed by atoms with Gasteiger partial charge in [0.05, 0.1) is 12.6 Å². The number of amides is 1. The van der Waals surface area contributed by atoms with E-state index in [1.54, 1.807) is 11.8 Å². The number of aliphatic hydroxyl groups is 1. The van der Waals surface area contributed by atoms with Crippen LogP contribution in [0.2, 0.25) is 5.02 Å². The van der Waals surface area contributed by atoms with Crippen molar-refractivity contribution in [2.24, 2.45) is 5.92 Å². The van der Waals surface area contributed by atoms with Crippen molar-refractivity contribution < 1.29 is 9.90 Å². The molecule has 0 saturated carbocycles. The van der Waals surface area contributed by atoms with E-state index in [4.69, 9.17) is 11.6 Å². The van der Waals surface area contributed by atoms with Crippen molar-refractivity contribution >= 4 is 29.3 Å². The number of likely N-dealkylation sites (tertiary alicyclic amines) is 1. The van der Waals surface area contributed by atoms with E-state index in [1.807, 2.05) is 29.2 Å². The monoisotopic (exact) mass is 327 g/mol. The highest BCUT2D eigenvalue weighted by atomic mass is 35.5. The Bertz CT molecular complexity index is 466. The summed E-state index contributed by atoms with van der Waals surface area (Å²) in [6, 6.07) is 7.78. The first-order valence-electron chi connectivity index (χ1n) is 7.40. The molecule has 1 aliphatic rings. The maximum Gasteiger partial charge on any atom is 0.222 e. The molecule has 5 heteroatoms. The van der Waals surface area contributed by atoms with E-state index in [-0.39, 0.29) is 18.6 Å². The molecule has 2 atom stereocenters. The number of thioether (sulfide) groups is 1. The molecule has 0 bridgehead atoms. The van der Waals surface area contributed by atoms with E-state index in [0.29, 0.717) is 12.3 Å². The third-order valence-electron chi connectivity index (χ3n) is 4.01. The number of benzene rings is 1. The summed E-state index contributed by atoms with van der Waals surface area (Å²) in [5.74, 6) is 1.50. The van der Waals surface area contributed by atoms with Gasteiger partial charge in [0, 0.05) is 22.9 Å². The number of rotatable bonds is 6. The Hall–Kier alpha value is -0.710. The first-order valence-corrected chi connectivity index (χ1v) is 8.77. The summed E-state index contributed by atoms with van der Waals surface area (Å²) in [5, 5.41) is 10.1. The lowest BCUT2D eigenvalue weighted by atomic mass is 10.0. The maximum atomic E-state index is 12.2. The highest BCUT2D eigenvalue weighted by molar-refractivity contribution is 7.99. The highest BCUT2D eigenvalue weighted by Crippen LogP contribution is 2.25. The largest absolute Gasteiger partial charge is 0.394 e. The Labute approximate surface area is 135 Å². The number of carbonyl (C=O) groups is 1. The summed E-state index contributed by atoms with van der Waals surface area (Å²) in [7, 11) is 0. The maximum absolute atomic E-state index is 12.2. The molecule has 2 rings (SSSR count). The fourth-order valence-corrected chi connectivity index (χ4v) is 3.66. The lowest BCUT2D eigenvalue weighted by molar-refractivity contribution is -0.133. The molecule has 116 valence electrons. The molecule has 1 aliphatic heterocycles. The molecule has 0 aromatic heterocycles. The summed E-state index contributed by atoms with van der Waals surface area (Å²) in [6.45, 7) is 2.96. The predicted octanol–water partition coefficient (Wildman–Crippen LogP) is 3.44. The molecule has 1 aromatic rings. The van der Waals surface area contributed by atoms with Crippen LogP contribution in [0.1, 0.15) is 26.2 Å². The molecule has 1 aromatic carbocycles. The van der Waals surface area contributed by atoms with Crippen LogP contribution in [0.15, 0.2) is 29.2 Å².